The van der Waals surface area contributed by atoms with Gasteiger partial charge in [-0.25, -0.2) is 0 Å². The Kier molecular flexibility index (Phi) is 13.1. The molecule has 0 aromatic heterocycles. The number of unbranched alkanes of at least 4 members (excludes halogenated alkanes) is 6. The largest absolute Gasteiger partial charge is 0.435 e. The molecule has 0 rings (SSSR count). The first kappa shape index (κ1) is 18.2. The fourth-order valence-electron chi connectivity index (χ4n) is 2.21. The highest BCUT2D eigenvalue weighted by molar-refractivity contribution is 5.66. The zero-order valence-electron chi connectivity index (χ0n) is 13.1. The summed E-state index contributed by atoms with van der Waals surface area (Å²) in [6, 6.07) is 0. The number of ether oxygens (including phenoxy) is 1. The van der Waals surface area contributed by atoms with Gasteiger partial charge in [-0.1, -0.05) is 65.2 Å². The standard InChI is InChI=1S/C17H32O2/c1-4-5-6-7-10-13-16(2)14-11-8-9-12-15-19-17(3)18/h12,15-16H,4-11,13-14H2,1-3H3/b15-12-/t16-/m0/s1. The summed E-state index contributed by atoms with van der Waals surface area (Å²) < 4.78 is 4.74. The van der Waals surface area contributed by atoms with E-state index in [-0.39, 0.29) is 5.97 Å². The molecule has 0 aliphatic heterocycles. The highest BCUT2D eigenvalue weighted by Gasteiger charge is 2.01. The molecule has 0 spiro atoms. The number of allylic oxidation sites excluding steroid dienone is 1. The number of hydrogen-bond acceptors (Lipinski definition) is 2. The number of carbonyl (C=O) groups is 1. The average molecular weight is 268 g/mol. The van der Waals surface area contributed by atoms with Crippen LogP contribution in [0.3, 0.4) is 0 Å². The fraction of sp³-hybridized carbons (Fsp3) is 0.824. The Bertz CT molecular complexity index is 233. The van der Waals surface area contributed by atoms with Crippen molar-refractivity contribution in [1.82, 2.24) is 0 Å². The van der Waals surface area contributed by atoms with Crippen molar-refractivity contribution in [3.63, 3.8) is 0 Å². The highest BCUT2D eigenvalue weighted by atomic mass is 16.5. The summed E-state index contributed by atoms with van der Waals surface area (Å²) >= 11 is 0. The normalized spacial score (nSPS) is 12.8. The maximum Gasteiger partial charge on any atom is 0.307 e. The molecular weight excluding hydrogens is 236 g/mol. The number of carbonyl (C=O) groups excluding carboxylic acids is 1. The van der Waals surface area contributed by atoms with E-state index in [0.29, 0.717) is 0 Å². The van der Waals surface area contributed by atoms with Gasteiger partial charge in [0.05, 0.1) is 6.26 Å². The molecule has 0 radical (unpaired) electrons. The van der Waals surface area contributed by atoms with Crippen molar-refractivity contribution in [2.75, 3.05) is 0 Å². The van der Waals surface area contributed by atoms with Crippen LogP contribution < -0.4 is 0 Å². The van der Waals surface area contributed by atoms with E-state index >= 15 is 0 Å². The molecule has 0 saturated carbocycles. The molecule has 0 aromatic carbocycles. The molecular formula is C17H32O2. The molecule has 0 saturated heterocycles. The summed E-state index contributed by atoms with van der Waals surface area (Å²) in [6.45, 7) is 6.06. The van der Waals surface area contributed by atoms with Gasteiger partial charge in [0.25, 0.3) is 0 Å². The van der Waals surface area contributed by atoms with E-state index in [4.69, 9.17) is 4.74 Å². The molecule has 1 atom stereocenters. The van der Waals surface area contributed by atoms with Crippen LogP contribution >= 0.6 is 0 Å². The lowest BCUT2D eigenvalue weighted by atomic mass is 9.96. The van der Waals surface area contributed by atoms with Gasteiger partial charge in [0.1, 0.15) is 0 Å². The molecule has 0 heterocycles. The van der Waals surface area contributed by atoms with Crippen LogP contribution in [0.2, 0.25) is 0 Å². The first-order valence-corrected chi connectivity index (χ1v) is 7.99. The van der Waals surface area contributed by atoms with E-state index in [1.807, 2.05) is 6.08 Å². The van der Waals surface area contributed by atoms with Gasteiger partial charge in [0.15, 0.2) is 0 Å². The zero-order valence-corrected chi connectivity index (χ0v) is 13.1. The van der Waals surface area contributed by atoms with Crippen LogP contribution in [0.15, 0.2) is 12.3 Å². The Balaban J connectivity index is 3.26. The summed E-state index contributed by atoms with van der Waals surface area (Å²) in [4.78, 5) is 10.5. The minimum Gasteiger partial charge on any atom is -0.435 e. The second-order valence-electron chi connectivity index (χ2n) is 5.57. The highest BCUT2D eigenvalue weighted by Crippen LogP contribution is 2.17. The zero-order chi connectivity index (χ0) is 14.3. The molecule has 0 fully saturated rings. The lowest BCUT2D eigenvalue weighted by Crippen LogP contribution is -1.95. The van der Waals surface area contributed by atoms with Crippen LogP contribution in [-0.2, 0) is 9.53 Å². The van der Waals surface area contributed by atoms with Crippen molar-refractivity contribution in [3.05, 3.63) is 12.3 Å². The van der Waals surface area contributed by atoms with Gasteiger partial charge in [0, 0.05) is 6.92 Å². The number of esters is 1. The Morgan fingerprint density at radius 1 is 1.05 bits per heavy atom. The second kappa shape index (κ2) is 13.6. The molecule has 2 heteroatoms. The Morgan fingerprint density at radius 2 is 1.68 bits per heavy atom. The van der Waals surface area contributed by atoms with Gasteiger partial charge < -0.3 is 4.74 Å². The topological polar surface area (TPSA) is 26.3 Å². The maximum atomic E-state index is 10.5. The molecule has 0 bridgehead atoms. The molecule has 0 amide bonds. The van der Waals surface area contributed by atoms with Crippen molar-refractivity contribution >= 4 is 5.97 Å². The first-order chi connectivity index (χ1) is 9.16. The van der Waals surface area contributed by atoms with E-state index in [0.717, 1.165) is 12.3 Å². The predicted molar refractivity (Wildman–Crippen MR) is 81.9 cm³/mol. The van der Waals surface area contributed by atoms with Crippen molar-refractivity contribution in [2.24, 2.45) is 5.92 Å². The van der Waals surface area contributed by atoms with E-state index < -0.39 is 0 Å². The lowest BCUT2D eigenvalue weighted by molar-refractivity contribution is -0.135. The van der Waals surface area contributed by atoms with Crippen molar-refractivity contribution < 1.29 is 9.53 Å². The fourth-order valence-corrected chi connectivity index (χ4v) is 2.21. The van der Waals surface area contributed by atoms with Crippen molar-refractivity contribution in [3.8, 4) is 0 Å². The summed E-state index contributed by atoms with van der Waals surface area (Å²) in [5.74, 6) is 0.618. The first-order valence-electron chi connectivity index (χ1n) is 7.99. The van der Waals surface area contributed by atoms with E-state index in [9.17, 15) is 4.79 Å². The third-order valence-electron chi connectivity index (χ3n) is 3.45. The van der Waals surface area contributed by atoms with Crippen molar-refractivity contribution in [2.45, 2.75) is 85.0 Å². The Labute approximate surface area is 119 Å². The molecule has 19 heavy (non-hydrogen) atoms. The Morgan fingerprint density at radius 3 is 2.32 bits per heavy atom. The van der Waals surface area contributed by atoms with E-state index in [2.05, 4.69) is 13.8 Å². The Hall–Kier alpha value is -0.790. The summed E-state index contributed by atoms with van der Waals surface area (Å²) in [6.07, 6.45) is 16.6. The molecule has 2 nitrogen and oxygen atoms in total. The van der Waals surface area contributed by atoms with Crippen LogP contribution in [0.1, 0.15) is 85.0 Å². The minimum absolute atomic E-state index is 0.243. The van der Waals surface area contributed by atoms with Gasteiger partial charge in [0.2, 0.25) is 0 Å². The van der Waals surface area contributed by atoms with E-state index in [1.165, 1.54) is 71.0 Å². The third-order valence-corrected chi connectivity index (χ3v) is 3.45. The number of hydrogen-bond donors (Lipinski definition) is 0. The van der Waals surface area contributed by atoms with Crippen LogP contribution in [0.25, 0.3) is 0 Å². The average Bonchev–Trinajstić information content (AvgIpc) is 2.37. The predicted octanol–water partition coefficient (Wildman–Crippen LogP) is 5.62. The van der Waals surface area contributed by atoms with Crippen LogP contribution in [-0.4, -0.2) is 5.97 Å². The van der Waals surface area contributed by atoms with Gasteiger partial charge in [-0.3, -0.25) is 4.79 Å². The minimum atomic E-state index is -0.243. The monoisotopic (exact) mass is 268 g/mol. The van der Waals surface area contributed by atoms with Crippen LogP contribution in [0.4, 0.5) is 0 Å². The van der Waals surface area contributed by atoms with Crippen LogP contribution in [0, 0.1) is 5.92 Å². The van der Waals surface area contributed by atoms with Gasteiger partial charge >= 0.3 is 5.97 Å². The molecule has 112 valence electrons. The van der Waals surface area contributed by atoms with E-state index in [1.54, 1.807) is 0 Å². The van der Waals surface area contributed by atoms with Gasteiger partial charge in [-0.15, -0.1) is 0 Å². The van der Waals surface area contributed by atoms with Gasteiger partial charge in [-0.2, -0.15) is 0 Å². The molecule has 0 aliphatic carbocycles. The molecule has 0 aromatic rings. The quantitative estimate of drug-likeness (QED) is 0.261. The third kappa shape index (κ3) is 15.2. The summed E-state index contributed by atoms with van der Waals surface area (Å²) in [5.41, 5.74) is 0. The smallest absolute Gasteiger partial charge is 0.307 e. The molecule has 0 aliphatic rings. The molecule has 0 unspecified atom stereocenters. The molecule has 0 N–H and O–H groups in total. The van der Waals surface area contributed by atoms with Gasteiger partial charge in [-0.05, 0) is 24.8 Å². The SMILES string of the molecule is CCCCCCC[C@H](C)CCCC/C=C\OC(C)=O. The number of rotatable bonds is 12. The summed E-state index contributed by atoms with van der Waals surface area (Å²) in [7, 11) is 0. The summed E-state index contributed by atoms with van der Waals surface area (Å²) in [5, 5.41) is 0. The van der Waals surface area contributed by atoms with Crippen molar-refractivity contribution in [1.29, 1.82) is 0 Å². The second-order valence-corrected chi connectivity index (χ2v) is 5.57. The lowest BCUT2D eigenvalue weighted by Gasteiger charge is -2.10. The van der Waals surface area contributed by atoms with Crippen LogP contribution in [0.5, 0.6) is 0 Å². The maximum absolute atomic E-state index is 10.5.